The quantitative estimate of drug-likeness (QED) is 0.459. The van der Waals surface area contributed by atoms with Crippen LogP contribution >= 0.6 is 0 Å². The molecule has 3 unspecified atom stereocenters. The van der Waals surface area contributed by atoms with Gasteiger partial charge in [-0.3, -0.25) is 4.79 Å². The lowest BCUT2D eigenvalue weighted by molar-refractivity contribution is -0.156. The standard InChI is InChI=1S/C27H32N2O6/c1-27(34,25(31)32)16-28-24(30)14-17-8-2-7-13-23(17)29-26(33)35-15-22-20-11-5-3-9-18(20)19-10-4-6-12-21(19)22/h3-6,9-12,17,22-23,34H,2,7-8,13-16H2,1H3,(H,28,30)(H,29,33)(H,31,32). The summed E-state index contributed by atoms with van der Waals surface area (Å²) in [4.78, 5) is 36.1. The second-order valence-corrected chi connectivity index (χ2v) is 9.68. The highest BCUT2D eigenvalue weighted by Crippen LogP contribution is 2.44. The maximum absolute atomic E-state index is 12.7. The van der Waals surface area contributed by atoms with E-state index < -0.39 is 17.7 Å². The summed E-state index contributed by atoms with van der Waals surface area (Å²) in [5.41, 5.74) is 2.59. The van der Waals surface area contributed by atoms with Crippen LogP contribution in [0.5, 0.6) is 0 Å². The normalized spacial score (nSPS) is 20.7. The van der Waals surface area contributed by atoms with Crippen LogP contribution in [0.3, 0.4) is 0 Å². The molecule has 0 saturated heterocycles. The number of aliphatic hydroxyl groups is 1. The minimum Gasteiger partial charge on any atom is -0.479 e. The molecule has 0 aromatic heterocycles. The first-order valence-electron chi connectivity index (χ1n) is 12.1. The molecule has 3 atom stereocenters. The Hall–Kier alpha value is -3.39. The monoisotopic (exact) mass is 480 g/mol. The zero-order valence-electron chi connectivity index (χ0n) is 19.8. The molecule has 2 aliphatic rings. The number of alkyl carbamates (subject to hydrolysis) is 1. The van der Waals surface area contributed by atoms with Crippen LogP contribution in [0, 0.1) is 5.92 Å². The van der Waals surface area contributed by atoms with Crippen molar-refractivity contribution in [3.8, 4) is 11.1 Å². The molecular formula is C27H32N2O6. The van der Waals surface area contributed by atoms with Crippen LogP contribution in [0.2, 0.25) is 0 Å². The number of amides is 2. The number of carboxylic acid groups (broad SMARTS) is 1. The number of benzene rings is 2. The van der Waals surface area contributed by atoms with Crippen LogP contribution in [0.15, 0.2) is 48.5 Å². The number of fused-ring (bicyclic) bond motifs is 3. The SMILES string of the molecule is CC(O)(CNC(=O)CC1CCCCC1NC(=O)OCC1c2ccccc2-c2ccccc21)C(=O)O. The summed E-state index contributed by atoms with van der Waals surface area (Å²) in [6.45, 7) is 0.984. The van der Waals surface area contributed by atoms with Crippen molar-refractivity contribution in [1.29, 1.82) is 0 Å². The van der Waals surface area contributed by atoms with Gasteiger partial charge in [0.15, 0.2) is 5.60 Å². The van der Waals surface area contributed by atoms with Gasteiger partial charge in [0.1, 0.15) is 6.61 Å². The Morgan fingerprint density at radius 1 is 1.00 bits per heavy atom. The van der Waals surface area contributed by atoms with Gasteiger partial charge in [-0.15, -0.1) is 0 Å². The van der Waals surface area contributed by atoms with Crippen molar-refractivity contribution in [2.24, 2.45) is 5.92 Å². The molecule has 0 bridgehead atoms. The van der Waals surface area contributed by atoms with Gasteiger partial charge >= 0.3 is 12.1 Å². The smallest absolute Gasteiger partial charge is 0.407 e. The van der Waals surface area contributed by atoms with Crippen LogP contribution in [-0.2, 0) is 14.3 Å². The Morgan fingerprint density at radius 3 is 2.23 bits per heavy atom. The van der Waals surface area contributed by atoms with E-state index in [9.17, 15) is 19.5 Å². The highest BCUT2D eigenvalue weighted by molar-refractivity contribution is 5.81. The van der Waals surface area contributed by atoms with E-state index in [2.05, 4.69) is 34.9 Å². The van der Waals surface area contributed by atoms with Gasteiger partial charge in [-0.25, -0.2) is 9.59 Å². The van der Waals surface area contributed by atoms with Gasteiger partial charge in [0.05, 0.1) is 6.54 Å². The Bertz CT molecular complexity index is 1050. The molecule has 2 aromatic carbocycles. The number of rotatable bonds is 8. The minimum atomic E-state index is -2.03. The number of aliphatic carboxylic acids is 1. The Morgan fingerprint density at radius 2 is 1.60 bits per heavy atom. The molecule has 2 aromatic rings. The highest BCUT2D eigenvalue weighted by Gasteiger charge is 2.33. The van der Waals surface area contributed by atoms with Crippen molar-refractivity contribution in [2.75, 3.05) is 13.2 Å². The van der Waals surface area contributed by atoms with Crippen molar-refractivity contribution in [3.05, 3.63) is 59.7 Å². The average molecular weight is 481 g/mol. The first-order chi connectivity index (χ1) is 16.8. The van der Waals surface area contributed by atoms with Gasteiger partial charge in [-0.05, 0) is 47.9 Å². The molecule has 2 aliphatic carbocycles. The van der Waals surface area contributed by atoms with E-state index in [1.54, 1.807) is 0 Å². The number of carbonyl (C=O) groups excluding carboxylic acids is 2. The zero-order valence-corrected chi connectivity index (χ0v) is 19.8. The fourth-order valence-electron chi connectivity index (χ4n) is 5.09. The summed E-state index contributed by atoms with van der Waals surface area (Å²) in [7, 11) is 0. The predicted octanol–water partition coefficient (Wildman–Crippen LogP) is 3.43. The van der Waals surface area contributed by atoms with Crippen molar-refractivity contribution >= 4 is 18.0 Å². The molecule has 0 aliphatic heterocycles. The molecular weight excluding hydrogens is 448 g/mol. The van der Waals surface area contributed by atoms with E-state index in [-0.39, 0.29) is 43.4 Å². The Balaban J connectivity index is 1.32. The molecule has 0 heterocycles. The summed E-state index contributed by atoms with van der Waals surface area (Å²) >= 11 is 0. The van der Waals surface area contributed by atoms with E-state index in [0.29, 0.717) is 0 Å². The molecule has 8 nitrogen and oxygen atoms in total. The lowest BCUT2D eigenvalue weighted by Crippen LogP contribution is -2.48. The first-order valence-corrected chi connectivity index (χ1v) is 12.1. The third kappa shape index (κ3) is 5.65. The molecule has 1 saturated carbocycles. The molecule has 0 spiro atoms. The minimum absolute atomic E-state index is 0.0249. The summed E-state index contributed by atoms with van der Waals surface area (Å²) in [5.74, 6) is -1.86. The van der Waals surface area contributed by atoms with E-state index in [4.69, 9.17) is 9.84 Å². The molecule has 2 amide bonds. The zero-order chi connectivity index (χ0) is 25.0. The van der Waals surface area contributed by atoms with Gasteiger partial charge < -0.3 is 25.6 Å². The topological polar surface area (TPSA) is 125 Å². The molecule has 4 N–H and O–H groups in total. The molecule has 8 heteroatoms. The van der Waals surface area contributed by atoms with Crippen molar-refractivity contribution < 1.29 is 29.3 Å². The lowest BCUT2D eigenvalue weighted by atomic mass is 9.82. The fraction of sp³-hybridized carbons (Fsp3) is 0.444. The summed E-state index contributed by atoms with van der Waals surface area (Å²) in [6, 6.07) is 16.1. The summed E-state index contributed by atoms with van der Waals surface area (Å²) in [6.07, 6.45) is 3.06. The third-order valence-electron chi connectivity index (χ3n) is 7.09. The number of hydrogen-bond donors (Lipinski definition) is 4. The number of hydrogen-bond acceptors (Lipinski definition) is 5. The maximum atomic E-state index is 12.7. The maximum Gasteiger partial charge on any atom is 0.407 e. The van der Waals surface area contributed by atoms with E-state index in [0.717, 1.165) is 54.9 Å². The summed E-state index contributed by atoms with van der Waals surface area (Å²) < 4.78 is 5.67. The van der Waals surface area contributed by atoms with Crippen LogP contribution in [0.4, 0.5) is 4.79 Å². The Labute approximate surface area is 204 Å². The Kier molecular flexibility index (Phi) is 7.40. The molecule has 1 fully saturated rings. The number of ether oxygens (including phenoxy) is 1. The second-order valence-electron chi connectivity index (χ2n) is 9.68. The van der Waals surface area contributed by atoms with Gasteiger partial charge in [0, 0.05) is 18.4 Å². The molecule has 0 radical (unpaired) electrons. The van der Waals surface area contributed by atoms with E-state index in [1.807, 2.05) is 24.3 Å². The summed E-state index contributed by atoms with van der Waals surface area (Å²) in [5, 5.41) is 24.2. The molecule has 186 valence electrons. The number of nitrogens with one attached hydrogen (secondary N) is 2. The van der Waals surface area contributed by atoms with E-state index in [1.165, 1.54) is 0 Å². The van der Waals surface area contributed by atoms with Crippen LogP contribution in [0.25, 0.3) is 11.1 Å². The highest BCUT2D eigenvalue weighted by atomic mass is 16.5. The van der Waals surface area contributed by atoms with Gasteiger partial charge in [0.25, 0.3) is 0 Å². The fourth-order valence-corrected chi connectivity index (χ4v) is 5.09. The lowest BCUT2D eigenvalue weighted by Gasteiger charge is -2.32. The first kappa shape index (κ1) is 24.7. The van der Waals surface area contributed by atoms with Gasteiger partial charge in [0.2, 0.25) is 5.91 Å². The number of carboxylic acids is 1. The van der Waals surface area contributed by atoms with Crippen molar-refractivity contribution in [1.82, 2.24) is 10.6 Å². The predicted molar refractivity (Wildman–Crippen MR) is 130 cm³/mol. The van der Waals surface area contributed by atoms with Crippen LogP contribution < -0.4 is 10.6 Å². The molecule has 35 heavy (non-hydrogen) atoms. The third-order valence-corrected chi connectivity index (χ3v) is 7.09. The van der Waals surface area contributed by atoms with Crippen LogP contribution in [-0.4, -0.2) is 53.0 Å². The largest absolute Gasteiger partial charge is 0.479 e. The van der Waals surface area contributed by atoms with Crippen molar-refractivity contribution in [3.63, 3.8) is 0 Å². The van der Waals surface area contributed by atoms with Crippen LogP contribution in [0.1, 0.15) is 56.1 Å². The van der Waals surface area contributed by atoms with Gasteiger partial charge in [-0.1, -0.05) is 61.4 Å². The average Bonchev–Trinajstić information content (AvgIpc) is 3.16. The number of carbonyl (C=O) groups is 3. The van der Waals surface area contributed by atoms with E-state index >= 15 is 0 Å². The van der Waals surface area contributed by atoms with Crippen molar-refractivity contribution in [2.45, 2.75) is 56.6 Å². The van der Waals surface area contributed by atoms with Gasteiger partial charge in [-0.2, -0.15) is 0 Å². The second kappa shape index (κ2) is 10.5. The molecule has 4 rings (SSSR count).